The van der Waals surface area contributed by atoms with Crippen molar-refractivity contribution in [2.45, 2.75) is 18.6 Å². The highest BCUT2D eigenvalue weighted by Gasteiger charge is 2.36. The fraction of sp³-hybridized carbons (Fsp3) is 0.158. The van der Waals surface area contributed by atoms with E-state index in [0.29, 0.717) is 11.1 Å². The number of carbonyl (C=O) groups is 2. The number of benzene rings is 2. The van der Waals surface area contributed by atoms with Crippen LogP contribution in [0, 0.1) is 0 Å². The van der Waals surface area contributed by atoms with Crippen LogP contribution in [0.4, 0.5) is 0 Å². The molecule has 2 aromatic rings. The van der Waals surface area contributed by atoms with Crippen LogP contribution in [-0.2, 0) is 16.0 Å². The standard InChI is InChI=1S/C19H16O10/c20-10-3-1-8(2-4-10)9-5-11-12(21)6-13(14(22)16(11)28-7-9)29-17(19(26)27)15(23)18(24)25/h1-4,6-7,15,17,20-23H,5H2,(H,24,25)(H,26,27). The molecule has 0 fully saturated rings. The maximum atomic E-state index is 11.2. The van der Waals surface area contributed by atoms with Crippen LogP contribution in [0.5, 0.6) is 28.7 Å². The van der Waals surface area contributed by atoms with Crippen molar-refractivity contribution in [3.05, 3.63) is 47.7 Å². The predicted octanol–water partition coefficient (Wildman–Crippen LogP) is 1.06. The van der Waals surface area contributed by atoms with Gasteiger partial charge in [0.15, 0.2) is 17.6 Å². The summed E-state index contributed by atoms with van der Waals surface area (Å²) in [5.41, 5.74) is 1.51. The SMILES string of the molecule is O=C(O)C(O)C(Oc1cc(O)c2c(c1O)OC=C(c1ccc(O)cc1)C2)C(=O)O. The fourth-order valence-corrected chi connectivity index (χ4v) is 2.76. The summed E-state index contributed by atoms with van der Waals surface area (Å²) < 4.78 is 10.3. The van der Waals surface area contributed by atoms with Crippen molar-refractivity contribution in [2.24, 2.45) is 0 Å². The highest BCUT2D eigenvalue weighted by atomic mass is 16.5. The topological polar surface area (TPSA) is 174 Å². The van der Waals surface area contributed by atoms with Crippen LogP contribution >= 0.6 is 0 Å². The molecule has 0 spiro atoms. The number of carboxylic acids is 2. The average Bonchev–Trinajstić information content (AvgIpc) is 2.69. The van der Waals surface area contributed by atoms with Crippen molar-refractivity contribution >= 4 is 17.5 Å². The average molecular weight is 404 g/mol. The number of phenolic OH excluding ortho intramolecular Hbond substituents is 3. The molecule has 152 valence electrons. The maximum Gasteiger partial charge on any atom is 0.348 e. The van der Waals surface area contributed by atoms with Gasteiger partial charge in [-0.05, 0) is 23.3 Å². The summed E-state index contributed by atoms with van der Waals surface area (Å²) in [5, 5.41) is 57.4. The van der Waals surface area contributed by atoms with E-state index in [1.54, 1.807) is 12.1 Å². The Bertz CT molecular complexity index is 993. The van der Waals surface area contributed by atoms with Crippen molar-refractivity contribution in [3.63, 3.8) is 0 Å². The second-order valence-electron chi connectivity index (χ2n) is 6.19. The zero-order valence-corrected chi connectivity index (χ0v) is 14.6. The van der Waals surface area contributed by atoms with Gasteiger partial charge in [-0.1, -0.05) is 12.1 Å². The molecule has 0 saturated heterocycles. The van der Waals surface area contributed by atoms with Gasteiger partial charge in [-0.2, -0.15) is 0 Å². The van der Waals surface area contributed by atoms with Crippen molar-refractivity contribution < 1.29 is 49.7 Å². The Kier molecular flexibility index (Phi) is 5.20. The first-order valence-corrected chi connectivity index (χ1v) is 8.22. The van der Waals surface area contributed by atoms with Crippen LogP contribution in [0.2, 0.25) is 0 Å². The molecule has 0 amide bonds. The molecule has 0 aliphatic carbocycles. The molecular formula is C19H16O10. The van der Waals surface area contributed by atoms with Gasteiger partial charge in [-0.15, -0.1) is 0 Å². The summed E-state index contributed by atoms with van der Waals surface area (Å²) >= 11 is 0. The molecule has 29 heavy (non-hydrogen) atoms. The van der Waals surface area contributed by atoms with Crippen LogP contribution in [0.15, 0.2) is 36.6 Å². The molecular weight excluding hydrogens is 388 g/mol. The van der Waals surface area contributed by atoms with E-state index in [-0.39, 0.29) is 23.5 Å². The Labute approximate surface area is 163 Å². The van der Waals surface area contributed by atoms with E-state index in [2.05, 4.69) is 0 Å². The highest BCUT2D eigenvalue weighted by molar-refractivity contribution is 5.84. The summed E-state index contributed by atoms with van der Waals surface area (Å²) in [4.78, 5) is 22.1. The summed E-state index contributed by atoms with van der Waals surface area (Å²) in [5.74, 6) is -5.38. The number of aliphatic carboxylic acids is 2. The van der Waals surface area contributed by atoms with Crippen molar-refractivity contribution in [1.82, 2.24) is 0 Å². The number of aliphatic hydroxyl groups excluding tert-OH is 1. The smallest absolute Gasteiger partial charge is 0.348 e. The second-order valence-corrected chi connectivity index (χ2v) is 6.19. The highest BCUT2D eigenvalue weighted by Crippen LogP contribution is 2.48. The number of rotatable bonds is 6. The van der Waals surface area contributed by atoms with Crippen LogP contribution < -0.4 is 9.47 Å². The Morgan fingerprint density at radius 1 is 1.03 bits per heavy atom. The van der Waals surface area contributed by atoms with E-state index in [4.69, 9.17) is 19.7 Å². The van der Waals surface area contributed by atoms with Gasteiger partial charge in [0.25, 0.3) is 0 Å². The molecule has 2 atom stereocenters. The molecule has 10 nitrogen and oxygen atoms in total. The lowest BCUT2D eigenvalue weighted by atomic mass is 9.96. The maximum absolute atomic E-state index is 11.2. The van der Waals surface area contributed by atoms with Crippen LogP contribution in [0.25, 0.3) is 5.57 Å². The molecule has 0 aromatic heterocycles. The molecule has 0 saturated carbocycles. The number of allylic oxidation sites excluding steroid dienone is 1. The first kappa shape index (κ1) is 19.8. The van der Waals surface area contributed by atoms with Gasteiger partial charge in [0.2, 0.25) is 11.9 Å². The molecule has 1 aliphatic heterocycles. The van der Waals surface area contributed by atoms with Gasteiger partial charge in [0.1, 0.15) is 11.5 Å². The number of phenols is 3. The molecule has 2 unspecified atom stereocenters. The van der Waals surface area contributed by atoms with Crippen molar-refractivity contribution in [3.8, 4) is 28.7 Å². The lowest BCUT2D eigenvalue weighted by molar-refractivity contribution is -0.163. The summed E-state index contributed by atoms with van der Waals surface area (Å²) in [7, 11) is 0. The minimum atomic E-state index is -2.41. The van der Waals surface area contributed by atoms with Gasteiger partial charge in [-0.3, -0.25) is 0 Å². The van der Waals surface area contributed by atoms with Crippen LogP contribution in [0.1, 0.15) is 11.1 Å². The summed E-state index contributed by atoms with van der Waals surface area (Å²) in [6.45, 7) is 0. The number of aliphatic hydroxyl groups is 1. The normalized spacial score (nSPS) is 14.7. The summed E-state index contributed by atoms with van der Waals surface area (Å²) in [6.07, 6.45) is -3.20. The second kappa shape index (κ2) is 7.60. The van der Waals surface area contributed by atoms with E-state index < -0.39 is 41.4 Å². The lowest BCUT2D eigenvalue weighted by Crippen LogP contribution is -2.43. The van der Waals surface area contributed by atoms with Crippen LogP contribution in [-0.4, -0.2) is 54.8 Å². The monoisotopic (exact) mass is 404 g/mol. The molecule has 0 radical (unpaired) electrons. The van der Waals surface area contributed by atoms with Crippen LogP contribution in [0.3, 0.4) is 0 Å². The zero-order valence-electron chi connectivity index (χ0n) is 14.6. The number of hydrogen-bond donors (Lipinski definition) is 6. The molecule has 1 heterocycles. The van der Waals surface area contributed by atoms with Gasteiger partial charge in [0.05, 0.1) is 6.26 Å². The number of aromatic hydroxyl groups is 3. The van der Waals surface area contributed by atoms with Gasteiger partial charge in [-0.25, -0.2) is 9.59 Å². The van der Waals surface area contributed by atoms with Gasteiger partial charge >= 0.3 is 11.9 Å². The third-order valence-corrected chi connectivity index (χ3v) is 4.26. The third kappa shape index (κ3) is 3.87. The number of ether oxygens (including phenoxy) is 2. The Hall–Kier alpha value is -3.92. The van der Waals surface area contributed by atoms with E-state index in [1.165, 1.54) is 18.4 Å². The van der Waals surface area contributed by atoms with E-state index in [0.717, 1.165) is 6.07 Å². The number of carboxylic acid groups (broad SMARTS) is 2. The van der Waals surface area contributed by atoms with E-state index >= 15 is 0 Å². The van der Waals surface area contributed by atoms with Gasteiger partial charge < -0.3 is 40.1 Å². The number of fused-ring (bicyclic) bond motifs is 1. The Balaban J connectivity index is 1.92. The minimum Gasteiger partial charge on any atom is -0.508 e. The van der Waals surface area contributed by atoms with Crippen molar-refractivity contribution in [1.29, 1.82) is 0 Å². The quantitative estimate of drug-likeness (QED) is 0.382. The summed E-state index contributed by atoms with van der Waals surface area (Å²) in [6, 6.07) is 7.12. The number of hydrogen-bond acceptors (Lipinski definition) is 8. The molecule has 2 aromatic carbocycles. The predicted molar refractivity (Wildman–Crippen MR) is 95.9 cm³/mol. The minimum absolute atomic E-state index is 0.0743. The molecule has 10 heteroatoms. The Morgan fingerprint density at radius 3 is 2.28 bits per heavy atom. The van der Waals surface area contributed by atoms with E-state index in [1.807, 2.05) is 0 Å². The zero-order chi connectivity index (χ0) is 21.3. The lowest BCUT2D eigenvalue weighted by Gasteiger charge is -2.23. The van der Waals surface area contributed by atoms with Crippen molar-refractivity contribution in [2.75, 3.05) is 0 Å². The largest absolute Gasteiger partial charge is 0.508 e. The first-order chi connectivity index (χ1) is 13.7. The van der Waals surface area contributed by atoms with Gasteiger partial charge in [0, 0.05) is 18.1 Å². The molecule has 3 rings (SSSR count). The molecule has 1 aliphatic rings. The Morgan fingerprint density at radius 2 is 1.69 bits per heavy atom. The first-order valence-electron chi connectivity index (χ1n) is 8.22. The third-order valence-electron chi connectivity index (χ3n) is 4.26. The van der Waals surface area contributed by atoms with E-state index in [9.17, 15) is 30.0 Å². The molecule has 6 N–H and O–H groups in total. The fourth-order valence-electron chi connectivity index (χ4n) is 2.76. The molecule has 0 bridgehead atoms.